The monoisotopic (exact) mass is 147 g/mol. The molecule has 0 unspecified atom stereocenters. The molecule has 4 heteroatoms. The summed E-state index contributed by atoms with van der Waals surface area (Å²) in [6.07, 6.45) is 0.536. The SMILES string of the molecule is COOC[C@@H]1C[C@@H](O)CN1. The molecule has 60 valence electrons. The molecule has 0 amide bonds. The molecule has 0 bridgehead atoms. The van der Waals surface area contributed by atoms with Crippen molar-refractivity contribution in [3.05, 3.63) is 0 Å². The zero-order valence-corrected chi connectivity index (χ0v) is 6.04. The Morgan fingerprint density at radius 1 is 1.70 bits per heavy atom. The van der Waals surface area contributed by atoms with Crippen LogP contribution in [-0.2, 0) is 9.78 Å². The average molecular weight is 147 g/mol. The highest BCUT2D eigenvalue weighted by Crippen LogP contribution is 2.05. The molecule has 10 heavy (non-hydrogen) atoms. The summed E-state index contributed by atoms with van der Waals surface area (Å²) in [5, 5.41) is 12.1. The topological polar surface area (TPSA) is 50.7 Å². The fourth-order valence-electron chi connectivity index (χ4n) is 1.07. The third-order valence-corrected chi connectivity index (χ3v) is 1.59. The van der Waals surface area contributed by atoms with E-state index in [4.69, 9.17) is 9.99 Å². The molecule has 4 nitrogen and oxygen atoms in total. The number of aliphatic hydroxyl groups is 1. The van der Waals surface area contributed by atoms with Gasteiger partial charge in [0.05, 0.1) is 19.8 Å². The van der Waals surface area contributed by atoms with Crippen LogP contribution >= 0.6 is 0 Å². The first-order valence-electron chi connectivity index (χ1n) is 3.40. The minimum Gasteiger partial charge on any atom is -0.392 e. The van der Waals surface area contributed by atoms with Crippen molar-refractivity contribution in [2.45, 2.75) is 18.6 Å². The van der Waals surface area contributed by atoms with Crippen LogP contribution in [-0.4, -0.2) is 37.5 Å². The Bertz CT molecular complexity index is 99.0. The summed E-state index contributed by atoms with van der Waals surface area (Å²) in [6.45, 7) is 1.17. The van der Waals surface area contributed by atoms with Crippen LogP contribution in [0.4, 0.5) is 0 Å². The number of β-amino-alcohol motifs (C(OH)–C–C–N with tert-alkyl or cyclic N) is 1. The van der Waals surface area contributed by atoms with Gasteiger partial charge in [-0.05, 0) is 6.42 Å². The maximum atomic E-state index is 9.04. The maximum absolute atomic E-state index is 9.04. The summed E-state index contributed by atoms with van der Waals surface area (Å²) in [7, 11) is 1.48. The Hall–Kier alpha value is -0.160. The maximum Gasteiger partial charge on any atom is 0.0976 e. The quantitative estimate of drug-likeness (QED) is 0.409. The van der Waals surface area contributed by atoms with Gasteiger partial charge in [-0.25, -0.2) is 9.78 Å². The number of hydrogen-bond donors (Lipinski definition) is 2. The third-order valence-electron chi connectivity index (χ3n) is 1.59. The van der Waals surface area contributed by atoms with Gasteiger partial charge >= 0.3 is 0 Å². The second-order valence-corrected chi connectivity index (χ2v) is 2.45. The fourth-order valence-corrected chi connectivity index (χ4v) is 1.07. The van der Waals surface area contributed by atoms with E-state index in [1.54, 1.807) is 0 Å². The number of aliphatic hydroxyl groups excluding tert-OH is 1. The Kier molecular flexibility index (Phi) is 3.08. The molecule has 1 saturated heterocycles. The lowest BCUT2D eigenvalue weighted by atomic mass is 10.2. The molecular weight excluding hydrogens is 134 g/mol. The van der Waals surface area contributed by atoms with Crippen molar-refractivity contribution in [2.24, 2.45) is 0 Å². The van der Waals surface area contributed by atoms with Crippen molar-refractivity contribution < 1.29 is 14.9 Å². The predicted octanol–water partition coefficient (Wildman–Crippen LogP) is -0.713. The summed E-state index contributed by atoms with van der Waals surface area (Å²) in [6, 6.07) is 0.245. The molecule has 0 aromatic carbocycles. The van der Waals surface area contributed by atoms with Crippen LogP contribution < -0.4 is 5.32 Å². The third kappa shape index (κ3) is 2.22. The van der Waals surface area contributed by atoms with E-state index in [-0.39, 0.29) is 12.1 Å². The normalized spacial score (nSPS) is 33.0. The molecule has 0 aromatic rings. The molecule has 1 aliphatic heterocycles. The van der Waals surface area contributed by atoms with Crippen molar-refractivity contribution in [2.75, 3.05) is 20.3 Å². The zero-order valence-electron chi connectivity index (χ0n) is 6.04. The van der Waals surface area contributed by atoms with Crippen molar-refractivity contribution in [3.8, 4) is 0 Å². The van der Waals surface area contributed by atoms with Gasteiger partial charge in [0.2, 0.25) is 0 Å². The first-order valence-corrected chi connectivity index (χ1v) is 3.40. The Morgan fingerprint density at radius 2 is 2.50 bits per heavy atom. The van der Waals surface area contributed by atoms with Crippen LogP contribution in [0.5, 0.6) is 0 Å². The summed E-state index contributed by atoms with van der Waals surface area (Å²) < 4.78 is 0. The van der Waals surface area contributed by atoms with Gasteiger partial charge in [0, 0.05) is 12.6 Å². The van der Waals surface area contributed by atoms with Crippen LogP contribution in [0.3, 0.4) is 0 Å². The van der Waals surface area contributed by atoms with Gasteiger partial charge in [-0.2, -0.15) is 0 Å². The van der Waals surface area contributed by atoms with Gasteiger partial charge in [0.25, 0.3) is 0 Å². The van der Waals surface area contributed by atoms with Crippen molar-refractivity contribution in [3.63, 3.8) is 0 Å². The molecule has 2 N–H and O–H groups in total. The van der Waals surface area contributed by atoms with E-state index in [9.17, 15) is 0 Å². The van der Waals surface area contributed by atoms with Crippen molar-refractivity contribution >= 4 is 0 Å². The predicted molar refractivity (Wildman–Crippen MR) is 35.4 cm³/mol. The molecule has 1 rings (SSSR count). The summed E-state index contributed by atoms with van der Waals surface area (Å²) in [4.78, 5) is 9.11. The molecule has 1 fully saturated rings. The summed E-state index contributed by atoms with van der Waals surface area (Å²) in [5.74, 6) is 0. The van der Waals surface area contributed by atoms with Crippen LogP contribution in [0.2, 0.25) is 0 Å². The molecular formula is C6H13NO3. The standard InChI is InChI=1S/C6H13NO3/c1-9-10-4-5-2-6(8)3-7-5/h5-8H,2-4H2,1H3/t5-,6+/m0/s1. The average Bonchev–Trinajstić information content (AvgIpc) is 2.31. The lowest BCUT2D eigenvalue weighted by Gasteiger charge is -2.06. The van der Waals surface area contributed by atoms with E-state index in [2.05, 4.69) is 10.2 Å². The summed E-state index contributed by atoms with van der Waals surface area (Å²) >= 11 is 0. The second kappa shape index (κ2) is 3.88. The second-order valence-electron chi connectivity index (χ2n) is 2.45. The molecule has 1 heterocycles. The Balaban J connectivity index is 2.06. The van der Waals surface area contributed by atoms with Crippen molar-refractivity contribution in [1.82, 2.24) is 5.32 Å². The number of nitrogens with one attached hydrogen (secondary N) is 1. The Morgan fingerprint density at radius 3 is 3.00 bits per heavy atom. The molecule has 0 radical (unpaired) electrons. The first kappa shape index (κ1) is 7.94. The molecule has 0 spiro atoms. The van der Waals surface area contributed by atoms with Crippen LogP contribution in [0.1, 0.15) is 6.42 Å². The smallest absolute Gasteiger partial charge is 0.0976 e. The van der Waals surface area contributed by atoms with Crippen molar-refractivity contribution in [1.29, 1.82) is 0 Å². The minimum absolute atomic E-state index is 0.217. The number of hydrogen-bond acceptors (Lipinski definition) is 4. The van der Waals surface area contributed by atoms with E-state index in [1.165, 1.54) is 7.11 Å². The lowest BCUT2D eigenvalue weighted by molar-refractivity contribution is -0.275. The molecule has 1 aliphatic rings. The van der Waals surface area contributed by atoms with E-state index in [0.717, 1.165) is 6.42 Å². The fraction of sp³-hybridized carbons (Fsp3) is 1.00. The molecule has 0 aliphatic carbocycles. The van der Waals surface area contributed by atoms with E-state index >= 15 is 0 Å². The zero-order chi connectivity index (χ0) is 7.40. The first-order chi connectivity index (χ1) is 4.83. The summed E-state index contributed by atoms with van der Waals surface area (Å²) in [5.41, 5.74) is 0. The van der Waals surface area contributed by atoms with Gasteiger partial charge in [0.15, 0.2) is 0 Å². The van der Waals surface area contributed by atoms with Gasteiger partial charge < -0.3 is 10.4 Å². The molecule has 0 aromatic heterocycles. The highest BCUT2D eigenvalue weighted by molar-refractivity contribution is 4.80. The highest BCUT2D eigenvalue weighted by Gasteiger charge is 2.21. The van der Waals surface area contributed by atoms with E-state index < -0.39 is 0 Å². The van der Waals surface area contributed by atoms with Gasteiger partial charge in [-0.3, -0.25) is 0 Å². The van der Waals surface area contributed by atoms with Gasteiger partial charge in [-0.1, -0.05) is 0 Å². The van der Waals surface area contributed by atoms with E-state index in [0.29, 0.717) is 13.2 Å². The van der Waals surface area contributed by atoms with Gasteiger partial charge in [0.1, 0.15) is 0 Å². The van der Waals surface area contributed by atoms with E-state index in [1.807, 2.05) is 0 Å². The highest BCUT2D eigenvalue weighted by atomic mass is 17.2. The molecule has 2 atom stereocenters. The minimum atomic E-state index is -0.217. The Labute approximate surface area is 60.1 Å². The largest absolute Gasteiger partial charge is 0.392 e. The number of rotatable bonds is 3. The van der Waals surface area contributed by atoms with Crippen LogP contribution in [0.25, 0.3) is 0 Å². The van der Waals surface area contributed by atoms with Crippen LogP contribution in [0.15, 0.2) is 0 Å². The lowest BCUT2D eigenvalue weighted by Crippen LogP contribution is -2.26. The van der Waals surface area contributed by atoms with Crippen LogP contribution in [0, 0.1) is 0 Å². The molecule has 0 saturated carbocycles. The van der Waals surface area contributed by atoms with Gasteiger partial charge in [-0.15, -0.1) is 0 Å².